The van der Waals surface area contributed by atoms with E-state index in [4.69, 9.17) is 5.11 Å². The Balaban J connectivity index is 2.09. The zero-order valence-corrected chi connectivity index (χ0v) is 9.56. The minimum atomic E-state index is -2.71. The van der Waals surface area contributed by atoms with Crippen molar-refractivity contribution < 1.29 is 17.7 Å². The highest BCUT2D eigenvalue weighted by molar-refractivity contribution is 7.67. The van der Waals surface area contributed by atoms with E-state index in [9.17, 15) is 8.42 Å². The lowest BCUT2D eigenvalue weighted by molar-refractivity contribution is 0.103. The lowest BCUT2D eigenvalue weighted by atomic mass is 10.3. The van der Waals surface area contributed by atoms with Crippen LogP contribution >= 0.6 is 0 Å². The van der Waals surface area contributed by atoms with Crippen molar-refractivity contribution in [2.24, 2.45) is 0 Å². The summed E-state index contributed by atoms with van der Waals surface area (Å²) in [6.45, 7) is 5.44. The minimum Gasteiger partial charge on any atom is -0.395 e. The number of hydrogen-bond acceptors (Lipinski definition) is 6. The van der Waals surface area contributed by atoms with Gasteiger partial charge < -0.3 is 5.11 Å². The Morgan fingerprint density at radius 1 is 1.07 bits per heavy atom. The first kappa shape index (κ1) is 12.9. The molecule has 0 radical (unpaired) electrons. The average molecular weight is 238 g/mol. The predicted octanol–water partition coefficient (Wildman–Crippen LogP) is -1.86. The van der Waals surface area contributed by atoms with E-state index in [1.54, 1.807) is 0 Å². The highest BCUT2D eigenvalue weighted by Gasteiger charge is 2.15. The molecule has 0 aromatic carbocycles. The van der Waals surface area contributed by atoms with Gasteiger partial charge in [0.1, 0.15) is 0 Å². The van der Waals surface area contributed by atoms with Gasteiger partial charge in [0.05, 0.1) is 13.2 Å². The van der Waals surface area contributed by atoms with E-state index in [1.165, 1.54) is 0 Å². The SMILES string of the molecule is O=[SH](=O)OCCN1CCN(CCO)CC1. The standard InChI is InChI=1S/C8H18N2O4S/c11-7-5-9-1-3-10(4-2-9)6-8-14-15(12)13/h11,15H,1-8H2. The summed E-state index contributed by atoms with van der Waals surface area (Å²) in [7, 11) is -2.71. The first-order chi connectivity index (χ1) is 7.22. The van der Waals surface area contributed by atoms with E-state index < -0.39 is 11.0 Å². The van der Waals surface area contributed by atoms with E-state index in [-0.39, 0.29) is 13.2 Å². The van der Waals surface area contributed by atoms with Crippen LogP contribution in [0.2, 0.25) is 0 Å². The van der Waals surface area contributed by atoms with Crippen molar-refractivity contribution in [2.45, 2.75) is 0 Å². The predicted molar refractivity (Wildman–Crippen MR) is 56.2 cm³/mol. The van der Waals surface area contributed by atoms with Gasteiger partial charge in [-0.05, 0) is 0 Å². The van der Waals surface area contributed by atoms with Crippen LogP contribution in [-0.4, -0.2) is 75.8 Å². The Morgan fingerprint density at radius 2 is 1.60 bits per heavy atom. The number of piperazine rings is 1. The highest BCUT2D eigenvalue weighted by atomic mass is 32.2. The topological polar surface area (TPSA) is 70.1 Å². The molecular weight excluding hydrogens is 220 g/mol. The molecule has 1 N–H and O–H groups in total. The van der Waals surface area contributed by atoms with Gasteiger partial charge >= 0.3 is 0 Å². The summed E-state index contributed by atoms with van der Waals surface area (Å²) in [5.41, 5.74) is 0. The van der Waals surface area contributed by atoms with Crippen LogP contribution < -0.4 is 0 Å². The smallest absolute Gasteiger partial charge is 0.257 e. The molecule has 1 aliphatic heterocycles. The number of rotatable bonds is 6. The van der Waals surface area contributed by atoms with Crippen LogP contribution in [0, 0.1) is 0 Å². The van der Waals surface area contributed by atoms with Gasteiger partial charge in [-0.1, -0.05) is 0 Å². The molecule has 0 amide bonds. The van der Waals surface area contributed by atoms with Gasteiger partial charge in [-0.15, -0.1) is 0 Å². The normalized spacial score (nSPS) is 19.9. The zero-order chi connectivity index (χ0) is 11.1. The Labute approximate surface area is 91.6 Å². The van der Waals surface area contributed by atoms with E-state index in [1.807, 2.05) is 0 Å². The van der Waals surface area contributed by atoms with Gasteiger partial charge in [-0.2, -0.15) is 0 Å². The van der Waals surface area contributed by atoms with Gasteiger partial charge in [-0.3, -0.25) is 14.0 Å². The minimum absolute atomic E-state index is 0.194. The monoisotopic (exact) mass is 238 g/mol. The lowest BCUT2D eigenvalue weighted by Gasteiger charge is -2.33. The molecule has 1 aliphatic rings. The van der Waals surface area contributed by atoms with Crippen molar-refractivity contribution in [3.05, 3.63) is 0 Å². The summed E-state index contributed by atoms with van der Waals surface area (Å²) in [5.74, 6) is 0. The molecule has 1 fully saturated rings. The summed E-state index contributed by atoms with van der Waals surface area (Å²) in [6.07, 6.45) is 0. The van der Waals surface area contributed by atoms with Crippen molar-refractivity contribution >= 4 is 11.0 Å². The molecule has 0 bridgehead atoms. The fourth-order valence-corrected chi connectivity index (χ4v) is 1.85. The maximum atomic E-state index is 10.1. The lowest BCUT2D eigenvalue weighted by Crippen LogP contribution is -2.47. The molecule has 0 aromatic rings. The van der Waals surface area contributed by atoms with Crippen molar-refractivity contribution in [1.29, 1.82) is 0 Å². The van der Waals surface area contributed by atoms with Crippen molar-refractivity contribution in [3.63, 3.8) is 0 Å². The number of β-amino-alcohol motifs (C(OH)–C–C–N with tert-alkyl or cyclic N) is 1. The van der Waals surface area contributed by atoms with Gasteiger partial charge in [0.2, 0.25) is 0 Å². The largest absolute Gasteiger partial charge is 0.395 e. The second kappa shape index (κ2) is 7.13. The van der Waals surface area contributed by atoms with Crippen LogP contribution in [0.5, 0.6) is 0 Å². The van der Waals surface area contributed by atoms with E-state index in [2.05, 4.69) is 14.0 Å². The molecule has 0 spiro atoms. The van der Waals surface area contributed by atoms with Crippen molar-refractivity contribution in [1.82, 2.24) is 9.80 Å². The Morgan fingerprint density at radius 3 is 2.07 bits per heavy atom. The van der Waals surface area contributed by atoms with E-state index in [0.29, 0.717) is 6.54 Å². The molecule has 7 heteroatoms. The Bertz CT molecular complexity index is 231. The molecule has 1 saturated heterocycles. The zero-order valence-electron chi connectivity index (χ0n) is 8.67. The highest BCUT2D eigenvalue weighted by Crippen LogP contribution is 2.00. The summed E-state index contributed by atoms with van der Waals surface area (Å²) < 4.78 is 24.8. The molecule has 0 aromatic heterocycles. The number of nitrogens with zero attached hydrogens (tertiary/aromatic N) is 2. The molecule has 0 atom stereocenters. The summed E-state index contributed by atoms with van der Waals surface area (Å²) >= 11 is 0. The number of aliphatic hydroxyl groups is 1. The van der Waals surface area contributed by atoms with Crippen LogP contribution in [0.4, 0.5) is 0 Å². The van der Waals surface area contributed by atoms with Gasteiger partial charge in [-0.25, -0.2) is 8.42 Å². The van der Waals surface area contributed by atoms with Gasteiger partial charge in [0.15, 0.2) is 0 Å². The maximum absolute atomic E-state index is 10.1. The first-order valence-corrected chi connectivity index (χ1v) is 6.15. The number of hydrogen-bond donors (Lipinski definition) is 2. The molecule has 1 heterocycles. The van der Waals surface area contributed by atoms with Crippen LogP contribution in [0.15, 0.2) is 0 Å². The molecule has 15 heavy (non-hydrogen) atoms. The quantitative estimate of drug-likeness (QED) is 0.529. The number of thiol groups is 1. The van der Waals surface area contributed by atoms with Crippen LogP contribution in [0.3, 0.4) is 0 Å². The van der Waals surface area contributed by atoms with Crippen molar-refractivity contribution in [3.8, 4) is 0 Å². The molecule has 0 aliphatic carbocycles. The average Bonchev–Trinajstić information content (AvgIpc) is 2.20. The number of aliphatic hydroxyl groups excluding tert-OH is 1. The fourth-order valence-electron chi connectivity index (χ4n) is 1.62. The first-order valence-electron chi connectivity index (χ1n) is 5.05. The summed E-state index contributed by atoms with van der Waals surface area (Å²) in [5, 5.41) is 8.74. The summed E-state index contributed by atoms with van der Waals surface area (Å²) in [6, 6.07) is 0. The summed E-state index contributed by atoms with van der Waals surface area (Å²) in [4.78, 5) is 4.35. The van der Waals surface area contributed by atoms with E-state index >= 15 is 0 Å². The molecular formula is C8H18N2O4S. The van der Waals surface area contributed by atoms with Crippen molar-refractivity contribution in [2.75, 3.05) is 52.5 Å². The molecule has 6 nitrogen and oxygen atoms in total. The van der Waals surface area contributed by atoms with Crippen LogP contribution in [0.25, 0.3) is 0 Å². The third kappa shape index (κ3) is 5.43. The second-order valence-electron chi connectivity index (χ2n) is 3.46. The molecule has 0 unspecified atom stereocenters. The third-order valence-corrected chi connectivity index (χ3v) is 2.88. The molecule has 0 saturated carbocycles. The second-order valence-corrected chi connectivity index (χ2v) is 4.17. The maximum Gasteiger partial charge on any atom is 0.257 e. The van der Waals surface area contributed by atoms with Gasteiger partial charge in [0.25, 0.3) is 11.0 Å². The third-order valence-electron chi connectivity index (χ3n) is 2.49. The van der Waals surface area contributed by atoms with E-state index in [0.717, 1.165) is 32.7 Å². The van der Waals surface area contributed by atoms with Crippen LogP contribution in [0.1, 0.15) is 0 Å². The van der Waals surface area contributed by atoms with Gasteiger partial charge in [0, 0.05) is 39.3 Å². The Hall–Kier alpha value is -0.210. The fraction of sp³-hybridized carbons (Fsp3) is 1.00. The molecule has 90 valence electrons. The van der Waals surface area contributed by atoms with Crippen LogP contribution in [-0.2, 0) is 15.2 Å². The Kier molecular flexibility index (Phi) is 6.11. The molecule has 1 rings (SSSR count).